The third kappa shape index (κ3) is 2.89. The fraction of sp³-hybridized carbons (Fsp3) is 0.118. The zero-order chi connectivity index (χ0) is 15.5. The minimum atomic E-state index is 0.0288. The van der Waals surface area contributed by atoms with Crippen LogP contribution in [0.1, 0.15) is 27.9 Å². The van der Waals surface area contributed by atoms with Crippen molar-refractivity contribution in [2.45, 2.75) is 13.8 Å². The second-order valence-corrected chi connectivity index (χ2v) is 5.93. The molecular weight excluding hydrogens is 294 g/mol. The maximum atomic E-state index is 11.4. The SMILES string of the molecule is CC(=O)c1sc(N/N=C\c2cccc3ccccc23)nc1C. The standard InChI is InChI=1S/C17H15N3OS/c1-11-16(12(2)21)22-17(19-11)20-18-10-14-8-5-7-13-6-3-4-9-15(13)14/h3-10H,1-2H3,(H,19,20)/b18-10-. The summed E-state index contributed by atoms with van der Waals surface area (Å²) in [4.78, 5) is 16.4. The number of hydrogen-bond acceptors (Lipinski definition) is 5. The zero-order valence-corrected chi connectivity index (χ0v) is 13.1. The van der Waals surface area contributed by atoms with Gasteiger partial charge in [-0.05, 0) is 17.7 Å². The number of aryl methyl sites for hydroxylation is 1. The summed E-state index contributed by atoms with van der Waals surface area (Å²) in [5, 5.41) is 7.19. The van der Waals surface area contributed by atoms with Gasteiger partial charge in [0.25, 0.3) is 0 Å². The van der Waals surface area contributed by atoms with Crippen molar-refractivity contribution in [1.29, 1.82) is 0 Å². The lowest BCUT2D eigenvalue weighted by molar-refractivity contribution is 0.102. The van der Waals surface area contributed by atoms with E-state index < -0.39 is 0 Å². The van der Waals surface area contributed by atoms with Crippen molar-refractivity contribution < 1.29 is 4.79 Å². The number of fused-ring (bicyclic) bond motifs is 1. The normalized spacial score (nSPS) is 11.2. The summed E-state index contributed by atoms with van der Waals surface area (Å²) in [6, 6.07) is 14.3. The van der Waals surface area contributed by atoms with E-state index in [1.54, 1.807) is 13.1 Å². The van der Waals surface area contributed by atoms with Crippen LogP contribution < -0.4 is 5.43 Å². The van der Waals surface area contributed by atoms with Gasteiger partial charge in [0.05, 0.1) is 16.8 Å². The lowest BCUT2D eigenvalue weighted by Gasteiger charge is -2.01. The van der Waals surface area contributed by atoms with E-state index in [1.807, 2.05) is 31.2 Å². The molecule has 0 aliphatic carbocycles. The van der Waals surface area contributed by atoms with Crippen molar-refractivity contribution >= 4 is 39.2 Å². The summed E-state index contributed by atoms with van der Waals surface area (Å²) in [7, 11) is 0. The molecular formula is C17H15N3OS. The number of hydrazone groups is 1. The van der Waals surface area contributed by atoms with E-state index in [4.69, 9.17) is 0 Å². The number of carbonyl (C=O) groups excluding carboxylic acids is 1. The molecule has 1 N–H and O–H groups in total. The largest absolute Gasteiger partial charge is 0.294 e. The van der Waals surface area contributed by atoms with E-state index >= 15 is 0 Å². The number of nitrogens with zero attached hydrogens (tertiary/aromatic N) is 2. The van der Waals surface area contributed by atoms with E-state index in [-0.39, 0.29) is 5.78 Å². The van der Waals surface area contributed by atoms with Gasteiger partial charge in [-0.25, -0.2) is 4.98 Å². The summed E-state index contributed by atoms with van der Waals surface area (Å²) in [5.74, 6) is 0.0288. The molecule has 2 aromatic carbocycles. The molecule has 3 aromatic rings. The van der Waals surface area contributed by atoms with Gasteiger partial charge in [-0.3, -0.25) is 10.2 Å². The van der Waals surface area contributed by atoms with Gasteiger partial charge >= 0.3 is 0 Å². The fourth-order valence-corrected chi connectivity index (χ4v) is 3.10. The van der Waals surface area contributed by atoms with Crippen LogP contribution in [0.4, 0.5) is 5.13 Å². The van der Waals surface area contributed by atoms with E-state index in [1.165, 1.54) is 16.7 Å². The molecule has 0 amide bonds. The topological polar surface area (TPSA) is 54.4 Å². The van der Waals surface area contributed by atoms with Crippen LogP contribution in [0.15, 0.2) is 47.6 Å². The molecule has 5 heteroatoms. The lowest BCUT2D eigenvalue weighted by atomic mass is 10.1. The molecule has 0 saturated carbocycles. The van der Waals surface area contributed by atoms with Crippen LogP contribution in [-0.2, 0) is 0 Å². The van der Waals surface area contributed by atoms with Gasteiger partial charge in [0, 0.05) is 12.5 Å². The molecule has 4 nitrogen and oxygen atoms in total. The average Bonchev–Trinajstić information content (AvgIpc) is 2.89. The summed E-state index contributed by atoms with van der Waals surface area (Å²) >= 11 is 1.32. The molecule has 0 aliphatic rings. The molecule has 0 unspecified atom stereocenters. The number of thiazole rings is 1. The molecule has 0 bridgehead atoms. The number of hydrogen-bond donors (Lipinski definition) is 1. The molecule has 110 valence electrons. The van der Waals surface area contributed by atoms with Crippen LogP contribution in [0.25, 0.3) is 10.8 Å². The number of benzene rings is 2. The molecule has 0 spiro atoms. The highest BCUT2D eigenvalue weighted by atomic mass is 32.1. The quantitative estimate of drug-likeness (QED) is 0.445. The summed E-state index contributed by atoms with van der Waals surface area (Å²) in [6.07, 6.45) is 1.77. The Labute approximate surface area is 132 Å². The third-order valence-electron chi connectivity index (χ3n) is 3.30. The fourth-order valence-electron chi connectivity index (χ4n) is 2.29. The Kier molecular flexibility index (Phi) is 3.98. The first-order chi connectivity index (χ1) is 10.6. The smallest absolute Gasteiger partial charge is 0.204 e. The van der Waals surface area contributed by atoms with Crippen molar-refractivity contribution in [3.63, 3.8) is 0 Å². The molecule has 0 aliphatic heterocycles. The molecule has 1 aromatic heterocycles. The highest BCUT2D eigenvalue weighted by molar-refractivity contribution is 7.17. The summed E-state index contributed by atoms with van der Waals surface area (Å²) in [6.45, 7) is 3.37. The molecule has 0 saturated heterocycles. The molecule has 22 heavy (non-hydrogen) atoms. The maximum absolute atomic E-state index is 11.4. The lowest BCUT2D eigenvalue weighted by Crippen LogP contribution is -1.91. The maximum Gasteiger partial charge on any atom is 0.204 e. The van der Waals surface area contributed by atoms with E-state index in [9.17, 15) is 4.79 Å². The van der Waals surface area contributed by atoms with Gasteiger partial charge in [-0.1, -0.05) is 53.8 Å². The van der Waals surface area contributed by atoms with Gasteiger partial charge in [0.1, 0.15) is 0 Å². The molecule has 0 radical (unpaired) electrons. The molecule has 1 heterocycles. The number of nitrogens with one attached hydrogen (secondary N) is 1. The van der Waals surface area contributed by atoms with Crippen molar-refractivity contribution in [1.82, 2.24) is 4.98 Å². The van der Waals surface area contributed by atoms with E-state index in [0.29, 0.717) is 10.0 Å². The Hall–Kier alpha value is -2.53. The monoisotopic (exact) mass is 309 g/mol. The average molecular weight is 309 g/mol. The summed E-state index contributed by atoms with van der Waals surface area (Å²) < 4.78 is 0. The first-order valence-corrected chi connectivity index (χ1v) is 7.72. The van der Waals surface area contributed by atoms with Crippen LogP contribution in [0, 0.1) is 6.92 Å². The van der Waals surface area contributed by atoms with Crippen molar-refractivity contribution in [2.24, 2.45) is 5.10 Å². The molecule has 0 atom stereocenters. The van der Waals surface area contributed by atoms with Crippen LogP contribution in [0.2, 0.25) is 0 Å². The number of anilines is 1. The highest BCUT2D eigenvalue weighted by Gasteiger charge is 2.10. The second-order valence-electron chi connectivity index (χ2n) is 4.93. The van der Waals surface area contributed by atoms with Crippen molar-refractivity contribution in [3.8, 4) is 0 Å². The number of carbonyl (C=O) groups is 1. The van der Waals surface area contributed by atoms with Crippen molar-refractivity contribution in [2.75, 3.05) is 5.43 Å². The predicted molar refractivity (Wildman–Crippen MR) is 92.0 cm³/mol. The summed E-state index contributed by atoms with van der Waals surface area (Å²) in [5.41, 5.74) is 4.67. The molecule has 3 rings (SSSR count). The number of rotatable bonds is 4. The first-order valence-electron chi connectivity index (χ1n) is 6.90. The minimum absolute atomic E-state index is 0.0288. The van der Waals surface area contributed by atoms with Gasteiger partial charge in [-0.2, -0.15) is 5.10 Å². The van der Waals surface area contributed by atoms with E-state index in [0.717, 1.165) is 16.6 Å². The zero-order valence-electron chi connectivity index (χ0n) is 12.3. The van der Waals surface area contributed by atoms with E-state index in [2.05, 4.69) is 33.7 Å². The van der Waals surface area contributed by atoms with Gasteiger partial charge in [0.2, 0.25) is 5.13 Å². The molecule has 0 fully saturated rings. The van der Waals surface area contributed by atoms with Crippen LogP contribution in [0.5, 0.6) is 0 Å². The van der Waals surface area contributed by atoms with Crippen LogP contribution in [0.3, 0.4) is 0 Å². The van der Waals surface area contributed by atoms with Crippen LogP contribution >= 0.6 is 11.3 Å². The van der Waals surface area contributed by atoms with Gasteiger partial charge in [-0.15, -0.1) is 0 Å². The Morgan fingerprint density at radius 2 is 2.00 bits per heavy atom. The second kappa shape index (κ2) is 6.07. The Morgan fingerprint density at radius 1 is 1.23 bits per heavy atom. The van der Waals surface area contributed by atoms with Crippen molar-refractivity contribution in [3.05, 3.63) is 58.6 Å². The highest BCUT2D eigenvalue weighted by Crippen LogP contribution is 2.23. The van der Waals surface area contributed by atoms with Crippen LogP contribution in [-0.4, -0.2) is 17.0 Å². The van der Waals surface area contributed by atoms with Gasteiger partial charge < -0.3 is 0 Å². The van der Waals surface area contributed by atoms with Gasteiger partial charge in [0.15, 0.2) is 5.78 Å². The predicted octanol–water partition coefficient (Wildman–Crippen LogP) is 4.25. The number of aromatic nitrogens is 1. The Bertz CT molecular complexity index is 862. The first kappa shape index (κ1) is 14.4. The third-order valence-corrected chi connectivity index (χ3v) is 4.47. The number of Topliss-reactive ketones (excluding diaryl/α,β-unsaturated/α-hetero) is 1. The minimum Gasteiger partial charge on any atom is -0.294 e. The Morgan fingerprint density at radius 3 is 2.77 bits per heavy atom. The number of ketones is 1. The Balaban J connectivity index is 1.82.